The van der Waals surface area contributed by atoms with Crippen molar-refractivity contribution in [2.45, 2.75) is 57.5 Å². The van der Waals surface area contributed by atoms with Gasteiger partial charge in [-0.25, -0.2) is 0 Å². The van der Waals surface area contributed by atoms with Crippen molar-refractivity contribution in [1.29, 1.82) is 0 Å². The van der Waals surface area contributed by atoms with Crippen LogP contribution in [0.2, 0.25) is 0 Å². The van der Waals surface area contributed by atoms with Crippen molar-refractivity contribution in [3.63, 3.8) is 0 Å². The molecule has 3 N–H and O–H groups in total. The molecule has 2 amide bonds. The molecule has 1 heterocycles. The van der Waals surface area contributed by atoms with Gasteiger partial charge in [0, 0.05) is 25.0 Å². The molecule has 1 saturated heterocycles. The third kappa shape index (κ3) is 3.08. The number of hydrogen-bond donors (Lipinski definition) is 2. The van der Waals surface area contributed by atoms with Crippen molar-refractivity contribution in [2.75, 3.05) is 13.1 Å². The molecule has 2 rings (SSSR count). The topological polar surface area (TPSA) is 75.4 Å². The van der Waals surface area contributed by atoms with Gasteiger partial charge >= 0.3 is 0 Å². The summed E-state index contributed by atoms with van der Waals surface area (Å²) in [5.74, 6) is 0.250. The van der Waals surface area contributed by atoms with Crippen LogP contribution >= 0.6 is 0 Å². The molecular formula is C14H25N3O2. The molecule has 0 bridgehead atoms. The number of likely N-dealkylation sites (tertiary alicyclic amines) is 1. The van der Waals surface area contributed by atoms with Crippen molar-refractivity contribution >= 4 is 11.8 Å². The molecule has 5 nitrogen and oxygen atoms in total. The van der Waals surface area contributed by atoms with E-state index >= 15 is 0 Å². The van der Waals surface area contributed by atoms with Gasteiger partial charge in [0.1, 0.15) is 0 Å². The van der Waals surface area contributed by atoms with Crippen molar-refractivity contribution < 1.29 is 9.59 Å². The minimum atomic E-state index is -0.620. The lowest BCUT2D eigenvalue weighted by Crippen LogP contribution is -2.61. The molecule has 2 aliphatic rings. The Morgan fingerprint density at radius 2 is 1.84 bits per heavy atom. The van der Waals surface area contributed by atoms with E-state index in [4.69, 9.17) is 5.73 Å². The van der Waals surface area contributed by atoms with Crippen molar-refractivity contribution in [2.24, 2.45) is 11.7 Å². The number of nitrogens with two attached hydrogens (primary N) is 1. The van der Waals surface area contributed by atoms with Gasteiger partial charge < -0.3 is 16.0 Å². The van der Waals surface area contributed by atoms with Gasteiger partial charge in [0.2, 0.25) is 11.8 Å². The first kappa shape index (κ1) is 14.3. The highest BCUT2D eigenvalue weighted by Crippen LogP contribution is 2.29. The Bertz CT molecular complexity index is 356. The van der Waals surface area contributed by atoms with Crippen LogP contribution in [-0.4, -0.2) is 41.4 Å². The molecule has 1 saturated carbocycles. The number of amides is 2. The summed E-state index contributed by atoms with van der Waals surface area (Å²) in [5, 5.41) is 3.05. The molecule has 1 aliphatic carbocycles. The molecule has 5 heteroatoms. The predicted octanol–water partition coefficient (Wildman–Crippen LogP) is 0.631. The predicted molar refractivity (Wildman–Crippen MR) is 73.4 cm³/mol. The average molecular weight is 267 g/mol. The Labute approximate surface area is 114 Å². The van der Waals surface area contributed by atoms with Gasteiger partial charge in [0.25, 0.3) is 0 Å². The fourth-order valence-electron chi connectivity index (χ4n) is 2.72. The molecular weight excluding hydrogens is 242 g/mol. The summed E-state index contributed by atoms with van der Waals surface area (Å²) in [6.45, 7) is 5.31. The molecule has 0 aromatic carbocycles. The Kier molecular flexibility index (Phi) is 4.13. The van der Waals surface area contributed by atoms with Gasteiger partial charge in [-0.3, -0.25) is 9.59 Å². The standard InChI is InChI=1S/C14H25N3O2/c1-10(2)12(18)17-8-4-11(5-9-17)16-13(19)14(15)6-3-7-14/h10-11H,3-9,15H2,1-2H3,(H,16,19). The lowest BCUT2D eigenvalue weighted by molar-refractivity contribution is -0.136. The first-order valence-electron chi connectivity index (χ1n) is 7.31. The second kappa shape index (κ2) is 5.49. The van der Waals surface area contributed by atoms with E-state index in [9.17, 15) is 9.59 Å². The number of carbonyl (C=O) groups excluding carboxylic acids is 2. The summed E-state index contributed by atoms with van der Waals surface area (Å²) in [5.41, 5.74) is 5.38. The number of piperidine rings is 1. The Morgan fingerprint density at radius 1 is 1.26 bits per heavy atom. The second-order valence-corrected chi connectivity index (χ2v) is 6.24. The van der Waals surface area contributed by atoms with E-state index in [-0.39, 0.29) is 23.8 Å². The summed E-state index contributed by atoms with van der Waals surface area (Å²) >= 11 is 0. The molecule has 1 aliphatic heterocycles. The maximum absolute atomic E-state index is 12.0. The molecule has 19 heavy (non-hydrogen) atoms. The lowest BCUT2D eigenvalue weighted by Gasteiger charge is -2.39. The highest BCUT2D eigenvalue weighted by molar-refractivity contribution is 5.87. The molecule has 0 atom stereocenters. The Morgan fingerprint density at radius 3 is 2.26 bits per heavy atom. The Hall–Kier alpha value is -1.10. The maximum Gasteiger partial charge on any atom is 0.240 e. The largest absolute Gasteiger partial charge is 0.352 e. The van der Waals surface area contributed by atoms with Crippen LogP contribution in [0.25, 0.3) is 0 Å². The van der Waals surface area contributed by atoms with E-state index in [0.717, 1.165) is 45.2 Å². The van der Waals surface area contributed by atoms with Crippen LogP contribution in [0, 0.1) is 5.92 Å². The fraction of sp³-hybridized carbons (Fsp3) is 0.857. The number of nitrogens with one attached hydrogen (secondary N) is 1. The smallest absolute Gasteiger partial charge is 0.240 e. The number of hydrogen-bond acceptors (Lipinski definition) is 3. The van der Waals surface area contributed by atoms with Crippen LogP contribution in [0.5, 0.6) is 0 Å². The van der Waals surface area contributed by atoms with Gasteiger partial charge in [0.15, 0.2) is 0 Å². The third-order valence-electron chi connectivity index (χ3n) is 4.33. The highest BCUT2D eigenvalue weighted by atomic mass is 16.2. The van der Waals surface area contributed by atoms with Gasteiger partial charge in [0.05, 0.1) is 5.54 Å². The zero-order valence-corrected chi connectivity index (χ0v) is 11.9. The lowest BCUT2D eigenvalue weighted by atomic mass is 9.77. The van der Waals surface area contributed by atoms with Gasteiger partial charge in [-0.15, -0.1) is 0 Å². The summed E-state index contributed by atoms with van der Waals surface area (Å²) in [6.07, 6.45) is 4.30. The number of nitrogens with zero attached hydrogens (tertiary/aromatic N) is 1. The molecule has 0 aromatic rings. The maximum atomic E-state index is 12.0. The van der Waals surface area contributed by atoms with Crippen molar-refractivity contribution in [3.8, 4) is 0 Å². The number of carbonyl (C=O) groups is 2. The van der Waals surface area contributed by atoms with Crippen LogP contribution in [-0.2, 0) is 9.59 Å². The van der Waals surface area contributed by atoms with E-state index in [0.29, 0.717) is 0 Å². The van der Waals surface area contributed by atoms with Gasteiger partial charge in [-0.05, 0) is 32.1 Å². The fourth-order valence-corrected chi connectivity index (χ4v) is 2.72. The molecule has 0 aromatic heterocycles. The molecule has 0 spiro atoms. The summed E-state index contributed by atoms with van der Waals surface area (Å²) in [7, 11) is 0. The summed E-state index contributed by atoms with van der Waals surface area (Å²) < 4.78 is 0. The van der Waals surface area contributed by atoms with E-state index in [2.05, 4.69) is 5.32 Å². The van der Waals surface area contributed by atoms with Crippen molar-refractivity contribution in [3.05, 3.63) is 0 Å². The van der Waals surface area contributed by atoms with Crippen LogP contribution in [0.4, 0.5) is 0 Å². The third-order valence-corrected chi connectivity index (χ3v) is 4.33. The molecule has 0 radical (unpaired) electrons. The van der Waals surface area contributed by atoms with Crippen LogP contribution in [0.15, 0.2) is 0 Å². The molecule has 2 fully saturated rings. The van der Waals surface area contributed by atoms with Crippen LogP contribution < -0.4 is 11.1 Å². The van der Waals surface area contributed by atoms with Crippen LogP contribution in [0.3, 0.4) is 0 Å². The zero-order valence-electron chi connectivity index (χ0n) is 11.9. The zero-order chi connectivity index (χ0) is 14.0. The van der Waals surface area contributed by atoms with Gasteiger partial charge in [-0.1, -0.05) is 13.8 Å². The average Bonchev–Trinajstić information content (AvgIpc) is 2.35. The first-order chi connectivity index (χ1) is 8.92. The van der Waals surface area contributed by atoms with E-state index in [1.54, 1.807) is 0 Å². The summed E-state index contributed by atoms with van der Waals surface area (Å²) in [4.78, 5) is 25.8. The van der Waals surface area contributed by atoms with Gasteiger partial charge in [-0.2, -0.15) is 0 Å². The van der Waals surface area contributed by atoms with E-state index < -0.39 is 5.54 Å². The van der Waals surface area contributed by atoms with Crippen molar-refractivity contribution in [1.82, 2.24) is 10.2 Å². The SMILES string of the molecule is CC(C)C(=O)N1CCC(NC(=O)C2(N)CCC2)CC1. The highest BCUT2D eigenvalue weighted by Gasteiger charge is 2.41. The minimum absolute atomic E-state index is 0.00705. The van der Waals surface area contributed by atoms with Crippen LogP contribution in [0.1, 0.15) is 46.0 Å². The normalized spacial score (nSPS) is 23.1. The quantitative estimate of drug-likeness (QED) is 0.787. The summed E-state index contributed by atoms with van der Waals surface area (Å²) in [6, 6.07) is 0.171. The minimum Gasteiger partial charge on any atom is -0.352 e. The Balaban J connectivity index is 1.77. The number of rotatable bonds is 3. The molecule has 0 unspecified atom stereocenters. The second-order valence-electron chi connectivity index (χ2n) is 6.24. The monoisotopic (exact) mass is 267 g/mol. The van der Waals surface area contributed by atoms with E-state index in [1.165, 1.54) is 0 Å². The van der Waals surface area contributed by atoms with E-state index in [1.807, 2.05) is 18.7 Å². The first-order valence-corrected chi connectivity index (χ1v) is 7.31. The molecule has 108 valence electrons.